The molecule has 0 amide bonds. The molecule has 2 aromatic rings. The van der Waals surface area contributed by atoms with Crippen molar-refractivity contribution in [2.45, 2.75) is 6.10 Å². The third-order valence-electron chi connectivity index (χ3n) is 2.53. The molecule has 5 heteroatoms. The molecule has 0 spiro atoms. The van der Waals surface area contributed by atoms with Crippen LogP contribution in [0.3, 0.4) is 0 Å². The van der Waals surface area contributed by atoms with Gasteiger partial charge in [0.1, 0.15) is 17.7 Å². The Kier molecular flexibility index (Phi) is 3.34. The molecule has 0 saturated carbocycles. The van der Waals surface area contributed by atoms with E-state index < -0.39 is 40.5 Å². The van der Waals surface area contributed by atoms with E-state index >= 15 is 0 Å². The summed E-state index contributed by atoms with van der Waals surface area (Å²) in [5.74, 6) is -4.12. The fourth-order valence-electron chi connectivity index (χ4n) is 1.62. The van der Waals surface area contributed by atoms with Gasteiger partial charge in [-0.15, -0.1) is 0 Å². The number of benzene rings is 2. The lowest BCUT2D eigenvalue weighted by atomic mass is 10.0. The first-order valence-corrected chi connectivity index (χ1v) is 5.07. The Bertz CT molecular complexity index is 581. The summed E-state index contributed by atoms with van der Waals surface area (Å²) in [4.78, 5) is 0. The van der Waals surface area contributed by atoms with Crippen molar-refractivity contribution in [2.75, 3.05) is 0 Å². The van der Waals surface area contributed by atoms with Gasteiger partial charge in [-0.2, -0.15) is 0 Å². The lowest BCUT2D eigenvalue weighted by molar-refractivity contribution is 0.207. The average Bonchev–Trinajstić information content (AvgIpc) is 2.35. The molecule has 1 atom stereocenters. The highest BCUT2D eigenvalue weighted by atomic mass is 19.2. The summed E-state index contributed by atoms with van der Waals surface area (Å²) in [5, 5.41) is 9.79. The van der Waals surface area contributed by atoms with Gasteiger partial charge in [0.25, 0.3) is 0 Å². The molecule has 0 fully saturated rings. The fourth-order valence-corrected chi connectivity index (χ4v) is 1.62. The van der Waals surface area contributed by atoms with Gasteiger partial charge < -0.3 is 5.11 Å². The van der Waals surface area contributed by atoms with Crippen LogP contribution >= 0.6 is 0 Å². The van der Waals surface area contributed by atoms with Crippen molar-refractivity contribution in [3.63, 3.8) is 0 Å². The predicted octanol–water partition coefficient (Wildman–Crippen LogP) is 3.32. The molecule has 0 aliphatic rings. The largest absolute Gasteiger partial charge is 0.383 e. The molecule has 1 unspecified atom stereocenters. The zero-order valence-electron chi connectivity index (χ0n) is 9.00. The van der Waals surface area contributed by atoms with E-state index in [-0.39, 0.29) is 0 Å². The second-order valence-corrected chi connectivity index (χ2v) is 3.71. The zero-order valence-corrected chi connectivity index (χ0v) is 9.00. The van der Waals surface area contributed by atoms with Crippen LogP contribution < -0.4 is 0 Å². The number of hydrogen-bond donors (Lipinski definition) is 1. The van der Waals surface area contributed by atoms with Gasteiger partial charge in [0.05, 0.1) is 0 Å². The van der Waals surface area contributed by atoms with Crippen molar-refractivity contribution in [1.29, 1.82) is 0 Å². The lowest BCUT2D eigenvalue weighted by Gasteiger charge is -2.13. The van der Waals surface area contributed by atoms with Gasteiger partial charge in [-0.25, -0.2) is 17.6 Å². The van der Waals surface area contributed by atoms with Crippen LogP contribution in [0.25, 0.3) is 0 Å². The van der Waals surface area contributed by atoms with Crippen LogP contribution in [0.15, 0.2) is 36.4 Å². The van der Waals surface area contributed by atoms with Crippen LogP contribution in [0.4, 0.5) is 17.6 Å². The first-order valence-electron chi connectivity index (χ1n) is 5.07. The first-order chi connectivity index (χ1) is 8.50. The van der Waals surface area contributed by atoms with E-state index in [0.29, 0.717) is 0 Å². The van der Waals surface area contributed by atoms with Crippen molar-refractivity contribution in [1.82, 2.24) is 0 Å². The number of aliphatic hydroxyl groups is 1. The van der Waals surface area contributed by atoms with Crippen molar-refractivity contribution in [3.8, 4) is 0 Å². The molecule has 2 rings (SSSR count). The van der Waals surface area contributed by atoms with Gasteiger partial charge in [-0.05, 0) is 24.3 Å². The minimum Gasteiger partial charge on any atom is -0.383 e. The highest BCUT2D eigenvalue weighted by Gasteiger charge is 2.20. The van der Waals surface area contributed by atoms with Crippen LogP contribution in [0, 0.1) is 23.3 Å². The summed E-state index contributed by atoms with van der Waals surface area (Å²) in [5.41, 5.74) is -0.890. The summed E-state index contributed by atoms with van der Waals surface area (Å²) in [6.07, 6.45) is -1.77. The minimum atomic E-state index is -1.77. The van der Waals surface area contributed by atoms with E-state index in [0.717, 1.165) is 30.3 Å². The van der Waals surface area contributed by atoms with Crippen LogP contribution in [0.5, 0.6) is 0 Å². The SMILES string of the molecule is OC(c1cc(F)ccc1F)c1cccc(F)c1F. The highest BCUT2D eigenvalue weighted by molar-refractivity contribution is 5.32. The third-order valence-corrected chi connectivity index (χ3v) is 2.53. The summed E-state index contributed by atoms with van der Waals surface area (Å²) in [6.45, 7) is 0. The minimum absolute atomic E-state index is 0.445. The van der Waals surface area contributed by atoms with E-state index in [9.17, 15) is 22.7 Å². The van der Waals surface area contributed by atoms with Gasteiger partial charge in [0.2, 0.25) is 0 Å². The zero-order chi connectivity index (χ0) is 13.3. The third kappa shape index (κ3) is 2.22. The lowest BCUT2D eigenvalue weighted by Crippen LogP contribution is -2.06. The van der Waals surface area contributed by atoms with Crippen LogP contribution in [0.1, 0.15) is 17.2 Å². The summed E-state index contributed by atoms with van der Waals surface area (Å²) in [6, 6.07) is 5.57. The topological polar surface area (TPSA) is 20.2 Å². The molecule has 0 aliphatic carbocycles. The maximum atomic E-state index is 13.4. The molecule has 1 nitrogen and oxygen atoms in total. The van der Waals surface area contributed by atoms with Crippen molar-refractivity contribution < 1.29 is 22.7 Å². The number of hydrogen-bond acceptors (Lipinski definition) is 1. The van der Waals surface area contributed by atoms with Crippen molar-refractivity contribution in [2.24, 2.45) is 0 Å². The maximum Gasteiger partial charge on any atom is 0.164 e. The van der Waals surface area contributed by atoms with Crippen LogP contribution in [-0.4, -0.2) is 5.11 Å². The average molecular weight is 256 g/mol. The van der Waals surface area contributed by atoms with E-state index in [1.165, 1.54) is 6.07 Å². The Morgan fingerprint density at radius 1 is 0.833 bits per heavy atom. The summed E-state index contributed by atoms with van der Waals surface area (Å²) < 4.78 is 52.8. The molecule has 2 aromatic carbocycles. The summed E-state index contributed by atoms with van der Waals surface area (Å²) >= 11 is 0. The van der Waals surface area contributed by atoms with E-state index in [4.69, 9.17) is 0 Å². The Morgan fingerprint density at radius 3 is 2.28 bits per heavy atom. The molecule has 0 radical (unpaired) electrons. The quantitative estimate of drug-likeness (QED) is 0.817. The van der Waals surface area contributed by atoms with E-state index in [1.54, 1.807) is 0 Å². The van der Waals surface area contributed by atoms with Gasteiger partial charge >= 0.3 is 0 Å². The molecule has 1 N–H and O–H groups in total. The van der Waals surface area contributed by atoms with E-state index in [1.807, 2.05) is 0 Å². The second-order valence-electron chi connectivity index (χ2n) is 3.71. The number of aliphatic hydroxyl groups excluding tert-OH is 1. The Balaban J connectivity index is 2.51. The van der Waals surface area contributed by atoms with E-state index in [2.05, 4.69) is 0 Å². The molecule has 18 heavy (non-hydrogen) atoms. The molecular formula is C13H8F4O. The molecular weight excluding hydrogens is 248 g/mol. The molecule has 94 valence electrons. The van der Waals surface area contributed by atoms with Gasteiger partial charge in [0, 0.05) is 11.1 Å². The molecule has 0 bridgehead atoms. The predicted molar refractivity (Wildman–Crippen MR) is 56.8 cm³/mol. The first kappa shape index (κ1) is 12.6. The Morgan fingerprint density at radius 2 is 1.56 bits per heavy atom. The molecule has 0 aromatic heterocycles. The molecule has 0 aliphatic heterocycles. The summed E-state index contributed by atoms with van der Waals surface area (Å²) in [7, 11) is 0. The van der Waals surface area contributed by atoms with Crippen LogP contribution in [0.2, 0.25) is 0 Å². The number of rotatable bonds is 2. The Hall–Kier alpha value is -1.88. The second kappa shape index (κ2) is 4.78. The standard InChI is InChI=1S/C13H8F4O/c14-7-4-5-10(15)9(6-7)13(18)8-2-1-3-11(16)12(8)17/h1-6,13,18H. The smallest absolute Gasteiger partial charge is 0.164 e. The normalized spacial score (nSPS) is 12.5. The van der Waals surface area contributed by atoms with Gasteiger partial charge in [-0.3, -0.25) is 0 Å². The van der Waals surface area contributed by atoms with Gasteiger partial charge in [0.15, 0.2) is 11.6 Å². The monoisotopic (exact) mass is 256 g/mol. The molecule has 0 heterocycles. The van der Waals surface area contributed by atoms with Crippen molar-refractivity contribution >= 4 is 0 Å². The van der Waals surface area contributed by atoms with Crippen LogP contribution in [-0.2, 0) is 0 Å². The maximum absolute atomic E-state index is 13.4. The van der Waals surface area contributed by atoms with Gasteiger partial charge in [-0.1, -0.05) is 12.1 Å². The number of halogens is 4. The Labute approximate surface area is 100 Å². The molecule has 0 saturated heterocycles. The van der Waals surface area contributed by atoms with Crippen molar-refractivity contribution in [3.05, 3.63) is 70.8 Å². The fraction of sp³-hybridized carbons (Fsp3) is 0.0769. The highest BCUT2D eigenvalue weighted by Crippen LogP contribution is 2.27.